The minimum Gasteiger partial charge on any atom is -0.365 e. The summed E-state index contributed by atoms with van der Waals surface area (Å²) in [5.41, 5.74) is 2.31. The Balaban J connectivity index is 2.66. The summed E-state index contributed by atoms with van der Waals surface area (Å²) in [5.74, 6) is 0. The van der Waals surface area contributed by atoms with Crippen molar-refractivity contribution in [1.29, 1.82) is 0 Å². The van der Waals surface area contributed by atoms with Crippen molar-refractivity contribution in [2.24, 2.45) is 0 Å². The zero-order valence-electron chi connectivity index (χ0n) is 5.65. The first-order valence-electron chi connectivity index (χ1n) is 3.15. The van der Waals surface area contributed by atoms with Crippen LogP contribution in [0.15, 0.2) is 36.2 Å². The van der Waals surface area contributed by atoms with Crippen molar-refractivity contribution in [3.8, 4) is 0 Å². The van der Waals surface area contributed by atoms with Crippen LogP contribution in [-0.4, -0.2) is 0 Å². The van der Waals surface area contributed by atoms with E-state index in [9.17, 15) is 0 Å². The Bertz CT molecular complexity index is 175. The summed E-state index contributed by atoms with van der Waals surface area (Å²) in [6.45, 7) is 5.93. The highest BCUT2D eigenvalue weighted by Crippen LogP contribution is 2.07. The molecule has 0 aliphatic carbocycles. The average Bonchev–Trinajstić information content (AvgIpc) is 1.88. The van der Waals surface area contributed by atoms with Gasteiger partial charge >= 0.3 is 0 Å². The molecule has 0 radical (unpaired) electrons. The Morgan fingerprint density at radius 1 is 1.67 bits per heavy atom. The molecule has 0 aromatic heterocycles. The molecule has 0 saturated heterocycles. The minimum atomic E-state index is 1.04. The summed E-state index contributed by atoms with van der Waals surface area (Å²) >= 11 is 0. The molecule has 0 bridgehead atoms. The number of hydrogen-bond acceptors (Lipinski definition) is 1. The molecule has 0 unspecified atom stereocenters. The highest BCUT2D eigenvalue weighted by atomic mass is 14.8. The van der Waals surface area contributed by atoms with Crippen LogP contribution in [0.25, 0.3) is 0 Å². The highest BCUT2D eigenvalue weighted by Gasteiger charge is 1.94. The number of dihydropyridines is 1. The third-order valence-electron chi connectivity index (χ3n) is 1.31. The second-order valence-corrected chi connectivity index (χ2v) is 2.08. The van der Waals surface area contributed by atoms with E-state index in [1.165, 1.54) is 5.70 Å². The second kappa shape index (κ2) is 2.53. The van der Waals surface area contributed by atoms with E-state index in [0.29, 0.717) is 0 Å². The highest BCUT2D eigenvalue weighted by molar-refractivity contribution is 5.34. The molecule has 0 fully saturated rings. The zero-order chi connectivity index (χ0) is 6.69. The Labute approximate surface area is 55.8 Å². The van der Waals surface area contributed by atoms with Crippen LogP contribution in [0.3, 0.4) is 0 Å². The molecule has 1 nitrogen and oxygen atoms in total. The molecule has 1 heteroatoms. The van der Waals surface area contributed by atoms with E-state index >= 15 is 0 Å². The van der Waals surface area contributed by atoms with Crippen molar-refractivity contribution < 1.29 is 0 Å². The Morgan fingerprint density at radius 2 is 2.44 bits per heavy atom. The molecule has 0 aromatic rings. The summed E-state index contributed by atoms with van der Waals surface area (Å²) in [7, 11) is 0. The lowest BCUT2D eigenvalue weighted by molar-refractivity contribution is 0.931. The number of hydrogen-bond donors (Lipinski definition) is 1. The van der Waals surface area contributed by atoms with Crippen LogP contribution in [0.1, 0.15) is 13.3 Å². The first-order chi connectivity index (χ1) is 4.33. The summed E-state index contributed by atoms with van der Waals surface area (Å²) in [6.07, 6.45) is 6.98. The predicted molar refractivity (Wildman–Crippen MR) is 39.8 cm³/mol. The average molecular weight is 121 g/mol. The molecular weight excluding hydrogens is 110 g/mol. The fourth-order valence-electron chi connectivity index (χ4n) is 0.773. The molecule has 0 aromatic carbocycles. The molecule has 1 rings (SSSR count). The summed E-state index contributed by atoms with van der Waals surface area (Å²) in [6, 6.07) is 0. The van der Waals surface area contributed by atoms with Gasteiger partial charge in [-0.25, -0.2) is 0 Å². The van der Waals surface area contributed by atoms with Crippen LogP contribution in [0.5, 0.6) is 0 Å². The van der Waals surface area contributed by atoms with E-state index in [1.807, 2.05) is 12.3 Å². The number of rotatable bonds is 1. The Morgan fingerprint density at radius 3 is 2.89 bits per heavy atom. The molecule has 1 aliphatic rings. The topological polar surface area (TPSA) is 12.0 Å². The van der Waals surface area contributed by atoms with Crippen LogP contribution in [0.2, 0.25) is 0 Å². The zero-order valence-corrected chi connectivity index (χ0v) is 5.65. The van der Waals surface area contributed by atoms with Crippen molar-refractivity contribution in [3.63, 3.8) is 0 Å². The lowest BCUT2D eigenvalue weighted by atomic mass is 10.2. The maximum Gasteiger partial charge on any atom is 0.0149 e. The Hall–Kier alpha value is -0.980. The normalized spacial score (nSPS) is 17.0. The predicted octanol–water partition coefficient (Wildman–Crippen LogP) is 1.95. The maximum absolute atomic E-state index is 3.81. The molecule has 1 heterocycles. The summed E-state index contributed by atoms with van der Waals surface area (Å²) < 4.78 is 0. The van der Waals surface area contributed by atoms with Crippen molar-refractivity contribution in [3.05, 3.63) is 36.2 Å². The molecule has 48 valence electrons. The second-order valence-electron chi connectivity index (χ2n) is 2.08. The Kier molecular flexibility index (Phi) is 1.73. The molecule has 1 N–H and O–H groups in total. The fraction of sp³-hybridized carbons (Fsp3) is 0.250. The third kappa shape index (κ3) is 1.46. The lowest BCUT2D eigenvalue weighted by Crippen LogP contribution is -2.06. The van der Waals surface area contributed by atoms with Gasteiger partial charge in [-0.05, 0) is 24.1 Å². The van der Waals surface area contributed by atoms with Gasteiger partial charge in [0.25, 0.3) is 0 Å². The van der Waals surface area contributed by atoms with Crippen molar-refractivity contribution in [2.75, 3.05) is 0 Å². The van der Waals surface area contributed by atoms with Crippen molar-refractivity contribution >= 4 is 0 Å². The molecule has 0 amide bonds. The van der Waals surface area contributed by atoms with E-state index in [1.54, 1.807) is 0 Å². The van der Waals surface area contributed by atoms with Gasteiger partial charge in [-0.1, -0.05) is 13.5 Å². The van der Waals surface area contributed by atoms with E-state index in [4.69, 9.17) is 0 Å². The van der Waals surface area contributed by atoms with Gasteiger partial charge in [-0.15, -0.1) is 0 Å². The van der Waals surface area contributed by atoms with Gasteiger partial charge in [0.05, 0.1) is 0 Å². The maximum atomic E-state index is 3.81. The van der Waals surface area contributed by atoms with Gasteiger partial charge in [0.15, 0.2) is 0 Å². The molecule has 1 aliphatic heterocycles. The van der Waals surface area contributed by atoms with Gasteiger partial charge in [-0.2, -0.15) is 0 Å². The van der Waals surface area contributed by atoms with Gasteiger partial charge < -0.3 is 5.32 Å². The van der Waals surface area contributed by atoms with Gasteiger partial charge in [0, 0.05) is 11.9 Å². The summed E-state index contributed by atoms with van der Waals surface area (Å²) in [5, 5.41) is 3.12. The smallest absolute Gasteiger partial charge is 0.0149 e. The van der Waals surface area contributed by atoms with Crippen LogP contribution in [0, 0.1) is 0 Å². The fourth-order valence-corrected chi connectivity index (χ4v) is 0.773. The van der Waals surface area contributed by atoms with Gasteiger partial charge in [-0.3, -0.25) is 0 Å². The van der Waals surface area contributed by atoms with E-state index in [2.05, 4.69) is 24.9 Å². The van der Waals surface area contributed by atoms with Crippen molar-refractivity contribution in [1.82, 2.24) is 5.32 Å². The molecule has 0 spiro atoms. The van der Waals surface area contributed by atoms with Crippen LogP contribution < -0.4 is 5.32 Å². The monoisotopic (exact) mass is 121 g/mol. The first kappa shape index (κ1) is 6.14. The first-order valence-corrected chi connectivity index (χ1v) is 3.15. The van der Waals surface area contributed by atoms with Crippen LogP contribution in [0.4, 0.5) is 0 Å². The molecular formula is C8H11N. The van der Waals surface area contributed by atoms with Crippen LogP contribution in [-0.2, 0) is 0 Å². The summed E-state index contributed by atoms with van der Waals surface area (Å²) in [4.78, 5) is 0. The van der Waals surface area contributed by atoms with Crippen LogP contribution >= 0.6 is 0 Å². The molecule has 0 atom stereocenters. The van der Waals surface area contributed by atoms with E-state index in [-0.39, 0.29) is 0 Å². The molecule has 0 saturated carbocycles. The minimum absolute atomic E-state index is 1.04. The van der Waals surface area contributed by atoms with Crippen molar-refractivity contribution in [2.45, 2.75) is 13.3 Å². The SMILES string of the molecule is C=C1C=CNC(CC)=C1. The van der Waals surface area contributed by atoms with Gasteiger partial charge in [0.2, 0.25) is 0 Å². The molecule has 9 heavy (non-hydrogen) atoms. The third-order valence-corrected chi connectivity index (χ3v) is 1.31. The largest absolute Gasteiger partial charge is 0.365 e. The number of allylic oxidation sites excluding steroid dienone is 4. The van der Waals surface area contributed by atoms with E-state index in [0.717, 1.165) is 12.0 Å². The number of nitrogens with one attached hydrogen (secondary N) is 1. The van der Waals surface area contributed by atoms with E-state index < -0.39 is 0 Å². The van der Waals surface area contributed by atoms with Gasteiger partial charge in [0.1, 0.15) is 0 Å². The lowest BCUT2D eigenvalue weighted by Gasteiger charge is -2.08. The standard InChI is InChI=1S/C8H11N/c1-3-8-6-7(2)4-5-9-8/h4-6,9H,2-3H2,1H3. The quantitative estimate of drug-likeness (QED) is 0.559.